The van der Waals surface area contributed by atoms with Crippen LogP contribution in [-0.2, 0) is 11.3 Å². The van der Waals surface area contributed by atoms with Crippen molar-refractivity contribution in [1.82, 2.24) is 20.1 Å². The number of benzene rings is 2. The zero-order chi connectivity index (χ0) is 23.9. The van der Waals surface area contributed by atoms with Gasteiger partial charge in [0.1, 0.15) is 5.75 Å². The molecular weight excluding hydrogens is 448 g/mol. The van der Waals surface area contributed by atoms with Gasteiger partial charge in [0.05, 0.1) is 32.9 Å². The molecule has 3 aromatic rings. The summed E-state index contributed by atoms with van der Waals surface area (Å²) in [5, 5.41) is 5.02. The quantitative estimate of drug-likeness (QED) is 0.480. The zero-order valence-electron chi connectivity index (χ0n) is 19.8. The average Bonchev–Trinajstić information content (AvgIpc) is 2.87. The molecule has 2 heterocycles. The summed E-state index contributed by atoms with van der Waals surface area (Å²) in [6.45, 7) is 7.39. The maximum atomic E-state index is 12.9. The van der Waals surface area contributed by atoms with Crippen LogP contribution >= 0.6 is 12.2 Å². The summed E-state index contributed by atoms with van der Waals surface area (Å²) in [5.41, 5.74) is 2.51. The van der Waals surface area contributed by atoms with Crippen LogP contribution in [0.3, 0.4) is 0 Å². The molecule has 1 atom stereocenters. The minimum Gasteiger partial charge on any atom is -0.497 e. The minimum atomic E-state index is -0.104. The molecule has 180 valence electrons. The van der Waals surface area contributed by atoms with E-state index < -0.39 is 0 Å². The van der Waals surface area contributed by atoms with Gasteiger partial charge in [0.25, 0.3) is 5.56 Å². The van der Waals surface area contributed by atoms with E-state index in [1.807, 2.05) is 42.5 Å². The lowest BCUT2D eigenvalue weighted by Gasteiger charge is -2.32. The molecule has 8 heteroatoms. The Morgan fingerprint density at radius 2 is 1.97 bits per heavy atom. The van der Waals surface area contributed by atoms with Crippen molar-refractivity contribution in [3.8, 4) is 5.75 Å². The topological polar surface area (TPSA) is 69.8 Å². The summed E-state index contributed by atoms with van der Waals surface area (Å²) in [5.74, 6) is 0.753. The van der Waals surface area contributed by atoms with Gasteiger partial charge >= 0.3 is 0 Å². The maximum absolute atomic E-state index is 12.9. The van der Waals surface area contributed by atoms with Gasteiger partial charge in [-0.25, -0.2) is 0 Å². The number of fused-ring (bicyclic) bond motifs is 1. The number of pyridine rings is 1. The molecule has 0 spiro atoms. The monoisotopic (exact) mass is 480 g/mol. The van der Waals surface area contributed by atoms with Crippen molar-refractivity contribution in [3.63, 3.8) is 0 Å². The number of rotatable bonds is 8. The number of ether oxygens (including phenoxy) is 2. The van der Waals surface area contributed by atoms with Crippen molar-refractivity contribution in [2.75, 3.05) is 46.5 Å². The Labute approximate surface area is 205 Å². The molecule has 2 aromatic carbocycles. The van der Waals surface area contributed by atoms with E-state index in [0.717, 1.165) is 55.1 Å². The van der Waals surface area contributed by atoms with Crippen molar-refractivity contribution in [3.05, 3.63) is 76.1 Å². The van der Waals surface area contributed by atoms with Crippen molar-refractivity contribution in [2.45, 2.75) is 19.5 Å². The molecule has 0 unspecified atom stereocenters. The van der Waals surface area contributed by atoms with Crippen LogP contribution in [0.25, 0.3) is 10.9 Å². The lowest BCUT2D eigenvalue weighted by Crippen LogP contribution is -2.46. The minimum absolute atomic E-state index is 0.0544. The summed E-state index contributed by atoms with van der Waals surface area (Å²) < 4.78 is 10.8. The van der Waals surface area contributed by atoms with E-state index in [1.165, 1.54) is 0 Å². The molecule has 0 amide bonds. The number of nitrogens with zero attached hydrogens (tertiary/aromatic N) is 2. The van der Waals surface area contributed by atoms with Crippen LogP contribution in [-0.4, -0.2) is 66.4 Å². The normalized spacial score (nSPS) is 15.1. The van der Waals surface area contributed by atoms with E-state index >= 15 is 0 Å². The first-order chi connectivity index (χ1) is 16.5. The number of aromatic amines is 1. The first kappa shape index (κ1) is 24.2. The van der Waals surface area contributed by atoms with Gasteiger partial charge in [-0.3, -0.25) is 9.69 Å². The molecule has 0 bridgehead atoms. The summed E-state index contributed by atoms with van der Waals surface area (Å²) in [6, 6.07) is 17.8. The molecule has 34 heavy (non-hydrogen) atoms. The Bertz CT molecular complexity index is 1160. The van der Waals surface area contributed by atoms with E-state index in [1.54, 1.807) is 7.11 Å². The first-order valence-corrected chi connectivity index (χ1v) is 12.0. The predicted octanol–water partition coefficient (Wildman–Crippen LogP) is 3.31. The van der Waals surface area contributed by atoms with E-state index in [4.69, 9.17) is 21.7 Å². The van der Waals surface area contributed by atoms with Crippen molar-refractivity contribution in [1.29, 1.82) is 0 Å². The molecule has 1 aliphatic heterocycles. The van der Waals surface area contributed by atoms with E-state index in [0.29, 0.717) is 23.8 Å². The molecule has 0 aliphatic carbocycles. The van der Waals surface area contributed by atoms with Crippen LogP contribution < -0.4 is 15.6 Å². The summed E-state index contributed by atoms with van der Waals surface area (Å²) in [4.78, 5) is 20.3. The number of morpholine rings is 1. The van der Waals surface area contributed by atoms with E-state index in [9.17, 15) is 4.79 Å². The highest BCUT2D eigenvalue weighted by Crippen LogP contribution is 2.19. The second-order valence-electron chi connectivity index (χ2n) is 8.53. The van der Waals surface area contributed by atoms with Gasteiger partial charge in [-0.2, -0.15) is 0 Å². The van der Waals surface area contributed by atoms with Gasteiger partial charge in [-0.05, 0) is 49.0 Å². The summed E-state index contributed by atoms with van der Waals surface area (Å²) in [7, 11) is 1.64. The van der Waals surface area contributed by atoms with Crippen molar-refractivity contribution < 1.29 is 9.47 Å². The molecule has 2 N–H and O–H groups in total. The van der Waals surface area contributed by atoms with Crippen LogP contribution in [0.2, 0.25) is 0 Å². The number of H-pyrrole nitrogens is 1. The highest BCUT2D eigenvalue weighted by Gasteiger charge is 2.18. The zero-order valence-corrected chi connectivity index (χ0v) is 20.6. The van der Waals surface area contributed by atoms with Gasteiger partial charge in [-0.15, -0.1) is 0 Å². The highest BCUT2D eigenvalue weighted by atomic mass is 32.1. The van der Waals surface area contributed by atoms with Crippen LogP contribution in [0.15, 0.2) is 59.4 Å². The standard InChI is InChI=1S/C26H32N4O3S/c1-19(20-6-4-3-5-7-20)27-26(34)30(11-10-29-12-14-33-15-13-29)18-22-16-21-17-23(32-2)8-9-24(21)28-25(22)31/h3-9,16-17,19H,10-15,18H2,1-2H3,(H,27,34)(H,28,31)/t19-/m1/s1. The lowest BCUT2D eigenvalue weighted by atomic mass is 10.1. The molecule has 4 rings (SSSR count). The Morgan fingerprint density at radius 3 is 2.71 bits per heavy atom. The first-order valence-electron chi connectivity index (χ1n) is 11.6. The fraction of sp³-hybridized carbons (Fsp3) is 0.385. The second-order valence-corrected chi connectivity index (χ2v) is 8.92. The van der Waals surface area contributed by atoms with Gasteiger partial charge < -0.3 is 24.7 Å². The Kier molecular flexibility index (Phi) is 8.16. The number of hydrogen-bond donors (Lipinski definition) is 2. The molecule has 1 fully saturated rings. The molecule has 0 saturated carbocycles. The van der Waals surface area contributed by atoms with Gasteiger partial charge in [0.2, 0.25) is 0 Å². The van der Waals surface area contributed by atoms with Crippen molar-refractivity contribution in [2.24, 2.45) is 0 Å². The predicted molar refractivity (Wildman–Crippen MR) is 139 cm³/mol. The third-order valence-electron chi connectivity index (χ3n) is 6.21. The number of aromatic nitrogens is 1. The van der Waals surface area contributed by atoms with Crippen LogP contribution in [0, 0.1) is 0 Å². The van der Waals surface area contributed by atoms with E-state index in [-0.39, 0.29) is 11.6 Å². The number of methoxy groups -OCH3 is 1. The fourth-order valence-electron chi connectivity index (χ4n) is 4.12. The Morgan fingerprint density at radius 1 is 1.21 bits per heavy atom. The van der Waals surface area contributed by atoms with Crippen LogP contribution in [0.4, 0.5) is 0 Å². The summed E-state index contributed by atoms with van der Waals surface area (Å²) in [6.07, 6.45) is 0. The van der Waals surface area contributed by atoms with Crippen LogP contribution in [0.5, 0.6) is 5.75 Å². The fourth-order valence-corrected chi connectivity index (χ4v) is 4.45. The third kappa shape index (κ3) is 6.14. The average molecular weight is 481 g/mol. The molecule has 0 radical (unpaired) electrons. The molecule has 1 saturated heterocycles. The largest absolute Gasteiger partial charge is 0.497 e. The molecule has 1 aromatic heterocycles. The maximum Gasteiger partial charge on any atom is 0.253 e. The number of nitrogens with one attached hydrogen (secondary N) is 2. The lowest BCUT2D eigenvalue weighted by molar-refractivity contribution is 0.0357. The molecule has 7 nitrogen and oxygen atoms in total. The van der Waals surface area contributed by atoms with Crippen LogP contribution in [0.1, 0.15) is 24.1 Å². The molecular formula is C26H32N4O3S. The SMILES string of the molecule is COc1ccc2[nH]c(=O)c(CN(CCN3CCOCC3)C(=S)N[C@H](C)c3ccccc3)cc2c1. The summed E-state index contributed by atoms with van der Waals surface area (Å²) >= 11 is 5.84. The van der Waals surface area contributed by atoms with E-state index in [2.05, 4.69) is 39.2 Å². The number of thiocarbonyl (C=S) groups is 1. The van der Waals surface area contributed by atoms with Gasteiger partial charge in [0.15, 0.2) is 5.11 Å². The van der Waals surface area contributed by atoms with Crippen molar-refractivity contribution >= 4 is 28.2 Å². The number of hydrogen-bond acceptors (Lipinski definition) is 5. The highest BCUT2D eigenvalue weighted by molar-refractivity contribution is 7.80. The Balaban J connectivity index is 1.54. The Hall–Kier alpha value is -2.94. The third-order valence-corrected chi connectivity index (χ3v) is 6.58. The van der Waals surface area contributed by atoms with Gasteiger partial charge in [0, 0.05) is 42.6 Å². The smallest absolute Gasteiger partial charge is 0.253 e. The van der Waals surface area contributed by atoms with Gasteiger partial charge in [-0.1, -0.05) is 30.3 Å². The second kappa shape index (κ2) is 11.5. The molecule has 1 aliphatic rings.